The molecule has 0 spiro atoms. The molecule has 1 aromatic heterocycles. The maximum Gasteiger partial charge on any atom is 0.279 e. The standard InChI is InChI=1S/C14H15N3O3/c1-10(8-15-2)9-20-13-6-5-12(17(18)19)11-4-3-7-16-14(11)13/h3-7,15H,1,8-9H2,2H3. The maximum absolute atomic E-state index is 11.0. The zero-order chi connectivity index (χ0) is 14.5. The Morgan fingerprint density at radius 1 is 1.50 bits per heavy atom. The van der Waals surface area contributed by atoms with Crippen LogP contribution in [0, 0.1) is 10.1 Å². The van der Waals surface area contributed by atoms with E-state index in [9.17, 15) is 10.1 Å². The van der Waals surface area contributed by atoms with Crippen molar-refractivity contribution in [1.29, 1.82) is 0 Å². The van der Waals surface area contributed by atoms with Crippen LogP contribution in [0.5, 0.6) is 5.75 Å². The van der Waals surface area contributed by atoms with Crippen molar-refractivity contribution < 1.29 is 9.66 Å². The average Bonchev–Trinajstić information content (AvgIpc) is 2.44. The number of nitro groups is 1. The van der Waals surface area contributed by atoms with Crippen molar-refractivity contribution in [3.8, 4) is 5.75 Å². The first-order valence-corrected chi connectivity index (χ1v) is 6.09. The Bertz CT molecular complexity index is 655. The summed E-state index contributed by atoms with van der Waals surface area (Å²) in [4.78, 5) is 14.7. The molecule has 0 saturated carbocycles. The molecule has 0 amide bonds. The first kappa shape index (κ1) is 14.0. The van der Waals surface area contributed by atoms with E-state index in [1.807, 2.05) is 7.05 Å². The second-order valence-electron chi connectivity index (χ2n) is 4.31. The van der Waals surface area contributed by atoms with E-state index in [-0.39, 0.29) is 5.69 Å². The van der Waals surface area contributed by atoms with Crippen LogP contribution >= 0.6 is 0 Å². The summed E-state index contributed by atoms with van der Waals surface area (Å²) in [6.07, 6.45) is 1.58. The Morgan fingerprint density at radius 2 is 2.30 bits per heavy atom. The fourth-order valence-electron chi connectivity index (χ4n) is 1.89. The van der Waals surface area contributed by atoms with Crippen molar-refractivity contribution >= 4 is 16.6 Å². The highest BCUT2D eigenvalue weighted by atomic mass is 16.6. The van der Waals surface area contributed by atoms with Gasteiger partial charge >= 0.3 is 0 Å². The minimum atomic E-state index is -0.423. The minimum Gasteiger partial charge on any atom is -0.487 e. The molecule has 0 aliphatic heterocycles. The SMILES string of the molecule is C=C(CNC)COc1ccc([N+](=O)[O-])c2cccnc12. The lowest BCUT2D eigenvalue weighted by Crippen LogP contribution is -2.14. The highest BCUT2D eigenvalue weighted by Crippen LogP contribution is 2.31. The van der Waals surface area contributed by atoms with E-state index < -0.39 is 4.92 Å². The van der Waals surface area contributed by atoms with Crippen LogP contribution in [0.15, 0.2) is 42.6 Å². The summed E-state index contributed by atoms with van der Waals surface area (Å²) in [5.74, 6) is 0.517. The quantitative estimate of drug-likeness (QED) is 0.496. The van der Waals surface area contributed by atoms with Crippen LogP contribution < -0.4 is 10.1 Å². The Morgan fingerprint density at radius 3 is 3.00 bits per heavy atom. The van der Waals surface area contributed by atoms with Gasteiger partial charge in [-0.3, -0.25) is 15.1 Å². The molecule has 0 unspecified atom stereocenters. The molecule has 0 radical (unpaired) electrons. The van der Waals surface area contributed by atoms with Gasteiger partial charge in [-0.25, -0.2) is 0 Å². The Kier molecular flexibility index (Phi) is 4.27. The summed E-state index contributed by atoms with van der Waals surface area (Å²) in [6.45, 7) is 4.86. The van der Waals surface area contributed by atoms with Crippen molar-refractivity contribution in [2.45, 2.75) is 0 Å². The maximum atomic E-state index is 11.0. The van der Waals surface area contributed by atoms with Crippen LogP contribution in [-0.2, 0) is 0 Å². The summed E-state index contributed by atoms with van der Waals surface area (Å²) in [5, 5.41) is 14.4. The van der Waals surface area contributed by atoms with Gasteiger partial charge in [0.2, 0.25) is 0 Å². The third kappa shape index (κ3) is 2.92. The molecular formula is C14H15N3O3. The zero-order valence-electron chi connectivity index (χ0n) is 11.1. The van der Waals surface area contributed by atoms with Gasteiger partial charge in [0.25, 0.3) is 5.69 Å². The molecule has 0 fully saturated rings. The Labute approximate surface area is 116 Å². The van der Waals surface area contributed by atoms with Crippen molar-refractivity contribution in [3.63, 3.8) is 0 Å². The van der Waals surface area contributed by atoms with E-state index in [0.717, 1.165) is 5.57 Å². The lowest BCUT2D eigenvalue weighted by Gasteiger charge is -2.10. The molecule has 1 N–H and O–H groups in total. The van der Waals surface area contributed by atoms with E-state index in [1.54, 1.807) is 24.4 Å². The first-order valence-electron chi connectivity index (χ1n) is 6.09. The number of pyridine rings is 1. The van der Waals surface area contributed by atoms with Crippen molar-refractivity contribution in [3.05, 3.63) is 52.7 Å². The molecule has 0 saturated heterocycles. The van der Waals surface area contributed by atoms with Crippen LogP contribution in [0.4, 0.5) is 5.69 Å². The van der Waals surface area contributed by atoms with Gasteiger partial charge in [-0.15, -0.1) is 0 Å². The van der Waals surface area contributed by atoms with E-state index in [0.29, 0.717) is 29.8 Å². The van der Waals surface area contributed by atoms with Crippen molar-refractivity contribution in [1.82, 2.24) is 10.3 Å². The number of nitrogens with one attached hydrogen (secondary N) is 1. The van der Waals surface area contributed by atoms with E-state index in [4.69, 9.17) is 4.74 Å². The molecule has 1 heterocycles. The molecule has 1 aromatic carbocycles. The van der Waals surface area contributed by atoms with Crippen molar-refractivity contribution in [2.24, 2.45) is 0 Å². The monoisotopic (exact) mass is 273 g/mol. The third-order valence-corrected chi connectivity index (χ3v) is 2.76. The molecule has 20 heavy (non-hydrogen) atoms. The van der Waals surface area contributed by atoms with Gasteiger partial charge in [-0.2, -0.15) is 0 Å². The Hall–Kier alpha value is -2.47. The van der Waals surface area contributed by atoms with E-state index >= 15 is 0 Å². The molecule has 6 nitrogen and oxygen atoms in total. The van der Waals surface area contributed by atoms with Gasteiger partial charge in [-0.05, 0) is 30.8 Å². The van der Waals surface area contributed by atoms with E-state index in [2.05, 4.69) is 16.9 Å². The van der Waals surface area contributed by atoms with Gasteiger partial charge in [0.1, 0.15) is 17.9 Å². The lowest BCUT2D eigenvalue weighted by molar-refractivity contribution is -0.383. The molecule has 0 atom stereocenters. The Balaban J connectivity index is 2.33. The van der Waals surface area contributed by atoms with Crippen LogP contribution in [0.3, 0.4) is 0 Å². The van der Waals surface area contributed by atoms with Crippen LogP contribution in [-0.4, -0.2) is 30.1 Å². The fourth-order valence-corrected chi connectivity index (χ4v) is 1.89. The third-order valence-electron chi connectivity index (χ3n) is 2.76. The zero-order valence-corrected chi connectivity index (χ0v) is 11.1. The summed E-state index contributed by atoms with van der Waals surface area (Å²) in [5.41, 5.74) is 1.39. The van der Waals surface area contributed by atoms with Gasteiger partial charge in [0.15, 0.2) is 0 Å². The summed E-state index contributed by atoms with van der Waals surface area (Å²) in [7, 11) is 1.83. The molecule has 0 bridgehead atoms. The number of rotatable bonds is 6. The van der Waals surface area contributed by atoms with Gasteiger partial charge < -0.3 is 10.1 Å². The van der Waals surface area contributed by atoms with Gasteiger partial charge in [0.05, 0.1) is 10.3 Å². The van der Waals surface area contributed by atoms with Crippen LogP contribution in [0.1, 0.15) is 0 Å². The highest BCUT2D eigenvalue weighted by Gasteiger charge is 2.15. The number of nitro benzene ring substituents is 1. The number of benzene rings is 1. The lowest BCUT2D eigenvalue weighted by atomic mass is 10.1. The molecule has 2 rings (SSSR count). The number of non-ortho nitro benzene ring substituents is 1. The van der Waals surface area contributed by atoms with Crippen molar-refractivity contribution in [2.75, 3.05) is 20.2 Å². The topological polar surface area (TPSA) is 77.3 Å². The van der Waals surface area contributed by atoms with E-state index in [1.165, 1.54) is 6.07 Å². The van der Waals surface area contributed by atoms with Gasteiger partial charge in [-0.1, -0.05) is 6.58 Å². The number of likely N-dealkylation sites (N-methyl/N-ethyl adjacent to an activating group) is 1. The highest BCUT2D eigenvalue weighted by molar-refractivity contribution is 5.92. The number of hydrogen-bond acceptors (Lipinski definition) is 5. The molecular weight excluding hydrogens is 258 g/mol. The number of fused-ring (bicyclic) bond motifs is 1. The normalized spacial score (nSPS) is 10.4. The molecule has 2 aromatic rings. The second-order valence-corrected chi connectivity index (χ2v) is 4.31. The molecule has 6 heteroatoms. The number of aromatic nitrogens is 1. The molecule has 0 aliphatic rings. The van der Waals surface area contributed by atoms with Gasteiger partial charge in [0, 0.05) is 18.8 Å². The predicted molar refractivity (Wildman–Crippen MR) is 77.0 cm³/mol. The summed E-state index contributed by atoms with van der Waals surface area (Å²) < 4.78 is 5.64. The number of nitrogens with zero attached hydrogens (tertiary/aromatic N) is 2. The largest absolute Gasteiger partial charge is 0.487 e. The fraction of sp³-hybridized carbons (Fsp3) is 0.214. The second kappa shape index (κ2) is 6.12. The number of ether oxygens (including phenoxy) is 1. The molecule has 104 valence electrons. The van der Waals surface area contributed by atoms with Crippen LogP contribution in [0.25, 0.3) is 10.9 Å². The van der Waals surface area contributed by atoms with Crippen LogP contribution in [0.2, 0.25) is 0 Å². The average molecular weight is 273 g/mol. The predicted octanol–water partition coefficient (Wildman–Crippen LogP) is 2.30. The minimum absolute atomic E-state index is 0.0227. The molecule has 0 aliphatic carbocycles. The summed E-state index contributed by atoms with van der Waals surface area (Å²) in [6, 6.07) is 6.33. The number of hydrogen-bond donors (Lipinski definition) is 1. The first-order chi connectivity index (χ1) is 9.63. The smallest absolute Gasteiger partial charge is 0.279 e. The summed E-state index contributed by atoms with van der Waals surface area (Å²) >= 11 is 0.